The van der Waals surface area contributed by atoms with Crippen molar-refractivity contribution in [1.82, 2.24) is 0 Å². The molecule has 0 aliphatic rings. The first kappa shape index (κ1) is 19.0. The van der Waals surface area contributed by atoms with Crippen LogP contribution in [0.4, 0.5) is 0 Å². The molecule has 0 amide bonds. The minimum absolute atomic E-state index is 0.270. The molecule has 0 N–H and O–H groups in total. The SMILES string of the molecule is COC(=O)/C=C(/CC[Si](C)(C)C(C)(C)C)Sc1ccccc1. The van der Waals surface area contributed by atoms with Gasteiger partial charge in [-0.1, -0.05) is 69.9 Å². The van der Waals surface area contributed by atoms with E-state index in [1.54, 1.807) is 17.8 Å². The van der Waals surface area contributed by atoms with Crippen LogP contribution in [-0.4, -0.2) is 21.2 Å². The van der Waals surface area contributed by atoms with Gasteiger partial charge in [-0.25, -0.2) is 4.79 Å². The molecule has 0 aliphatic carbocycles. The predicted octanol–water partition coefficient (Wildman–Crippen LogP) is 5.73. The van der Waals surface area contributed by atoms with Crippen LogP contribution in [0.2, 0.25) is 24.2 Å². The summed E-state index contributed by atoms with van der Waals surface area (Å²) in [6.07, 6.45) is 2.58. The van der Waals surface area contributed by atoms with Crippen LogP contribution in [0.15, 0.2) is 46.2 Å². The Hall–Kier alpha value is -1.00. The molecule has 22 heavy (non-hydrogen) atoms. The second-order valence-electron chi connectivity index (χ2n) is 7.18. The van der Waals surface area contributed by atoms with Gasteiger partial charge in [0.2, 0.25) is 0 Å². The first-order valence-corrected chi connectivity index (χ1v) is 11.7. The summed E-state index contributed by atoms with van der Waals surface area (Å²) in [7, 11) is 0.0757. The van der Waals surface area contributed by atoms with E-state index in [0.717, 1.165) is 16.2 Å². The lowest BCUT2D eigenvalue weighted by molar-refractivity contribution is -0.134. The molecule has 1 aromatic carbocycles. The van der Waals surface area contributed by atoms with E-state index in [1.807, 2.05) is 18.2 Å². The van der Waals surface area contributed by atoms with E-state index in [1.165, 1.54) is 13.2 Å². The molecule has 0 heterocycles. The van der Waals surface area contributed by atoms with Crippen molar-refractivity contribution >= 4 is 25.8 Å². The molecule has 1 aromatic rings. The molecule has 0 spiro atoms. The number of allylic oxidation sites excluding steroid dienone is 1. The number of carbonyl (C=O) groups is 1. The Kier molecular flexibility index (Phi) is 6.94. The van der Waals surface area contributed by atoms with Crippen molar-refractivity contribution in [3.05, 3.63) is 41.3 Å². The van der Waals surface area contributed by atoms with Crippen LogP contribution >= 0.6 is 11.8 Å². The predicted molar refractivity (Wildman–Crippen MR) is 99.0 cm³/mol. The summed E-state index contributed by atoms with van der Waals surface area (Å²) < 4.78 is 4.80. The molecule has 4 heteroatoms. The van der Waals surface area contributed by atoms with Crippen molar-refractivity contribution in [2.45, 2.75) is 56.3 Å². The number of rotatable bonds is 6. The molecule has 1 rings (SSSR count). The summed E-state index contributed by atoms with van der Waals surface area (Å²) >= 11 is 1.67. The molecule has 0 radical (unpaired) electrons. The zero-order chi connectivity index (χ0) is 16.8. The topological polar surface area (TPSA) is 26.3 Å². The summed E-state index contributed by atoms with van der Waals surface area (Å²) in [6.45, 7) is 11.8. The zero-order valence-corrected chi connectivity index (χ0v) is 16.4. The first-order valence-electron chi connectivity index (χ1n) is 7.67. The van der Waals surface area contributed by atoms with Gasteiger partial charge in [-0.05, 0) is 28.5 Å². The normalized spacial score (nSPS) is 13.1. The summed E-state index contributed by atoms with van der Waals surface area (Å²) in [6, 6.07) is 11.4. The van der Waals surface area contributed by atoms with Crippen LogP contribution in [0.1, 0.15) is 27.2 Å². The van der Waals surface area contributed by atoms with Crippen molar-refractivity contribution in [2.24, 2.45) is 0 Å². The van der Waals surface area contributed by atoms with Gasteiger partial charge < -0.3 is 4.74 Å². The van der Waals surface area contributed by atoms with E-state index >= 15 is 0 Å². The monoisotopic (exact) mass is 336 g/mol. The van der Waals surface area contributed by atoms with Gasteiger partial charge in [-0.2, -0.15) is 0 Å². The van der Waals surface area contributed by atoms with Crippen LogP contribution in [0.5, 0.6) is 0 Å². The van der Waals surface area contributed by atoms with Crippen LogP contribution in [0, 0.1) is 0 Å². The number of hydrogen-bond acceptors (Lipinski definition) is 3. The Morgan fingerprint density at radius 3 is 2.32 bits per heavy atom. The lowest BCUT2D eigenvalue weighted by atomic mass is 10.2. The highest BCUT2D eigenvalue weighted by Crippen LogP contribution is 2.41. The third kappa shape index (κ3) is 6.01. The van der Waals surface area contributed by atoms with Gasteiger partial charge in [0.1, 0.15) is 0 Å². The minimum Gasteiger partial charge on any atom is -0.466 e. The quantitative estimate of drug-likeness (QED) is 0.287. The molecule has 0 bridgehead atoms. The number of benzene rings is 1. The zero-order valence-electron chi connectivity index (χ0n) is 14.6. The van der Waals surface area contributed by atoms with Crippen LogP contribution < -0.4 is 0 Å². The molecule has 122 valence electrons. The second kappa shape index (κ2) is 8.02. The number of hydrogen-bond donors (Lipinski definition) is 0. The maximum Gasteiger partial charge on any atom is 0.331 e. The Morgan fingerprint density at radius 1 is 1.23 bits per heavy atom. The molecule has 0 atom stereocenters. The van der Waals surface area contributed by atoms with Gasteiger partial charge in [0, 0.05) is 11.0 Å². The van der Waals surface area contributed by atoms with E-state index in [9.17, 15) is 4.79 Å². The number of methoxy groups -OCH3 is 1. The fourth-order valence-electron chi connectivity index (χ4n) is 1.79. The second-order valence-corrected chi connectivity index (χ2v) is 14.2. The van der Waals surface area contributed by atoms with E-state index in [-0.39, 0.29) is 5.97 Å². The third-order valence-electron chi connectivity index (χ3n) is 4.50. The van der Waals surface area contributed by atoms with Gasteiger partial charge in [0.25, 0.3) is 0 Å². The fraction of sp³-hybridized carbons (Fsp3) is 0.500. The van der Waals surface area contributed by atoms with Gasteiger partial charge in [-0.3, -0.25) is 0 Å². The van der Waals surface area contributed by atoms with Gasteiger partial charge in [-0.15, -0.1) is 0 Å². The Balaban J connectivity index is 2.84. The van der Waals surface area contributed by atoms with E-state index < -0.39 is 8.07 Å². The maximum atomic E-state index is 11.6. The largest absolute Gasteiger partial charge is 0.466 e. The molecule has 0 aliphatic heterocycles. The van der Waals surface area contributed by atoms with E-state index in [4.69, 9.17) is 4.74 Å². The molecule has 0 aromatic heterocycles. The van der Waals surface area contributed by atoms with E-state index in [2.05, 4.69) is 46.0 Å². The van der Waals surface area contributed by atoms with Gasteiger partial charge in [0.05, 0.1) is 15.2 Å². The summed E-state index contributed by atoms with van der Waals surface area (Å²) in [5.41, 5.74) is 0. The van der Waals surface area contributed by atoms with Gasteiger partial charge >= 0.3 is 5.97 Å². The molecule has 2 nitrogen and oxygen atoms in total. The number of carbonyl (C=O) groups excluding carboxylic acids is 1. The Morgan fingerprint density at radius 2 is 1.82 bits per heavy atom. The maximum absolute atomic E-state index is 11.6. The van der Waals surface area contributed by atoms with Crippen molar-refractivity contribution in [3.63, 3.8) is 0 Å². The highest BCUT2D eigenvalue weighted by atomic mass is 32.2. The van der Waals surface area contributed by atoms with Crippen LogP contribution in [0.25, 0.3) is 0 Å². The van der Waals surface area contributed by atoms with Crippen LogP contribution in [-0.2, 0) is 9.53 Å². The molecule has 0 saturated carbocycles. The molecular formula is C18H28O2SSi. The molecular weight excluding hydrogens is 308 g/mol. The molecule has 0 unspecified atom stereocenters. The number of ether oxygens (including phenoxy) is 1. The minimum atomic E-state index is -1.35. The van der Waals surface area contributed by atoms with Gasteiger partial charge in [0.15, 0.2) is 0 Å². The summed E-state index contributed by atoms with van der Waals surface area (Å²) in [4.78, 5) is 13.9. The molecule has 0 saturated heterocycles. The van der Waals surface area contributed by atoms with Crippen molar-refractivity contribution in [3.8, 4) is 0 Å². The number of esters is 1. The fourth-order valence-corrected chi connectivity index (χ4v) is 4.57. The van der Waals surface area contributed by atoms with Crippen LogP contribution in [0.3, 0.4) is 0 Å². The van der Waals surface area contributed by atoms with Crippen molar-refractivity contribution in [1.29, 1.82) is 0 Å². The highest BCUT2D eigenvalue weighted by molar-refractivity contribution is 8.03. The Labute approximate surface area is 140 Å². The number of thioether (sulfide) groups is 1. The summed E-state index contributed by atoms with van der Waals surface area (Å²) in [5, 5.41) is 0.362. The Bertz CT molecular complexity index is 516. The smallest absolute Gasteiger partial charge is 0.331 e. The third-order valence-corrected chi connectivity index (χ3v) is 11.2. The average molecular weight is 337 g/mol. The average Bonchev–Trinajstić information content (AvgIpc) is 2.44. The lowest BCUT2D eigenvalue weighted by Crippen LogP contribution is -2.36. The van der Waals surface area contributed by atoms with Crippen molar-refractivity contribution < 1.29 is 9.53 Å². The van der Waals surface area contributed by atoms with Crippen molar-refractivity contribution in [2.75, 3.05) is 7.11 Å². The first-order chi connectivity index (χ1) is 10.2. The lowest BCUT2D eigenvalue weighted by Gasteiger charge is -2.37. The highest BCUT2D eigenvalue weighted by Gasteiger charge is 2.34. The van der Waals surface area contributed by atoms with E-state index in [0.29, 0.717) is 5.04 Å². The summed E-state index contributed by atoms with van der Waals surface area (Å²) in [5.74, 6) is -0.270. The molecule has 0 fully saturated rings. The standard InChI is InChI=1S/C18H28O2SSi/c1-18(2,3)22(5,6)13-12-16(14-17(19)20-4)21-15-10-8-7-9-11-15/h7-11,14H,12-13H2,1-6H3/b16-14-.